The van der Waals surface area contributed by atoms with Crippen molar-refractivity contribution in [1.29, 1.82) is 0 Å². The number of hydrogen-bond donors (Lipinski definition) is 2. The van der Waals surface area contributed by atoms with Crippen LogP contribution >= 0.6 is 22.6 Å². The summed E-state index contributed by atoms with van der Waals surface area (Å²) in [6, 6.07) is 13.9. The normalized spacial score (nSPS) is 11.9. The summed E-state index contributed by atoms with van der Waals surface area (Å²) < 4.78 is 5.93. The van der Waals surface area contributed by atoms with Crippen LogP contribution < -0.4 is 5.73 Å². The molecule has 21 heavy (non-hydrogen) atoms. The SMILES string of the molecule is N[C@@H](Cc1ccc(O)c(I)c1)C(=O)OCc1ccccc1. The first-order valence-corrected chi connectivity index (χ1v) is 7.57. The van der Waals surface area contributed by atoms with Crippen LogP contribution in [0.25, 0.3) is 0 Å². The highest BCUT2D eigenvalue weighted by molar-refractivity contribution is 14.1. The van der Waals surface area contributed by atoms with Crippen molar-refractivity contribution in [2.75, 3.05) is 0 Å². The summed E-state index contributed by atoms with van der Waals surface area (Å²) in [4.78, 5) is 11.9. The third-order valence-corrected chi connectivity index (χ3v) is 3.86. The van der Waals surface area contributed by atoms with Gasteiger partial charge in [0.15, 0.2) is 0 Å². The summed E-state index contributed by atoms with van der Waals surface area (Å²) in [5.41, 5.74) is 7.68. The fraction of sp³-hybridized carbons (Fsp3) is 0.188. The van der Waals surface area contributed by atoms with Crippen LogP contribution in [0.4, 0.5) is 0 Å². The maximum absolute atomic E-state index is 11.9. The van der Waals surface area contributed by atoms with E-state index < -0.39 is 12.0 Å². The Balaban J connectivity index is 1.88. The minimum Gasteiger partial charge on any atom is -0.507 e. The number of hydrogen-bond acceptors (Lipinski definition) is 4. The Hall–Kier alpha value is -1.60. The molecule has 0 heterocycles. The second-order valence-electron chi connectivity index (χ2n) is 4.69. The number of aromatic hydroxyl groups is 1. The lowest BCUT2D eigenvalue weighted by molar-refractivity contribution is -0.146. The van der Waals surface area contributed by atoms with Gasteiger partial charge < -0.3 is 15.6 Å². The standard InChI is InChI=1S/C16H16INO3/c17-13-8-12(6-7-15(13)19)9-14(18)16(20)21-10-11-4-2-1-3-5-11/h1-8,14,19H,9-10,18H2/t14-/m0/s1. The van der Waals surface area contributed by atoms with Gasteiger partial charge in [0.1, 0.15) is 18.4 Å². The van der Waals surface area contributed by atoms with E-state index in [-0.39, 0.29) is 12.4 Å². The summed E-state index contributed by atoms with van der Waals surface area (Å²) in [5, 5.41) is 9.47. The van der Waals surface area contributed by atoms with Gasteiger partial charge in [-0.3, -0.25) is 4.79 Å². The Bertz CT molecular complexity index is 616. The van der Waals surface area contributed by atoms with Crippen LogP contribution in [0.3, 0.4) is 0 Å². The van der Waals surface area contributed by atoms with Crippen LogP contribution in [0.2, 0.25) is 0 Å². The largest absolute Gasteiger partial charge is 0.507 e. The number of halogens is 1. The van der Waals surface area contributed by atoms with Gasteiger partial charge in [0.05, 0.1) is 3.57 Å². The van der Waals surface area contributed by atoms with E-state index in [9.17, 15) is 9.90 Å². The molecule has 0 aromatic heterocycles. The molecule has 0 unspecified atom stereocenters. The van der Waals surface area contributed by atoms with Crippen LogP contribution in [0.1, 0.15) is 11.1 Å². The van der Waals surface area contributed by atoms with Gasteiger partial charge in [0.2, 0.25) is 0 Å². The third kappa shape index (κ3) is 4.71. The first-order valence-electron chi connectivity index (χ1n) is 6.50. The van der Waals surface area contributed by atoms with Crippen molar-refractivity contribution in [1.82, 2.24) is 0 Å². The minimum atomic E-state index is -0.714. The van der Waals surface area contributed by atoms with E-state index >= 15 is 0 Å². The number of phenolic OH excluding ortho intramolecular Hbond substituents is 1. The molecule has 0 bridgehead atoms. The number of nitrogens with two attached hydrogens (primary N) is 1. The Morgan fingerprint density at radius 2 is 1.90 bits per heavy atom. The number of ether oxygens (including phenoxy) is 1. The highest BCUT2D eigenvalue weighted by Crippen LogP contribution is 2.20. The van der Waals surface area contributed by atoms with Crippen molar-refractivity contribution in [3.8, 4) is 5.75 Å². The predicted octanol–water partition coefficient (Wildman–Crippen LogP) is 2.61. The van der Waals surface area contributed by atoms with Crippen molar-refractivity contribution >= 4 is 28.6 Å². The summed E-state index contributed by atoms with van der Waals surface area (Å²) in [5.74, 6) is -0.207. The molecule has 110 valence electrons. The van der Waals surface area contributed by atoms with E-state index in [1.54, 1.807) is 18.2 Å². The summed E-state index contributed by atoms with van der Waals surface area (Å²) in [6.45, 7) is 0.223. The quantitative estimate of drug-likeness (QED) is 0.601. The third-order valence-electron chi connectivity index (χ3n) is 2.99. The van der Waals surface area contributed by atoms with E-state index in [1.165, 1.54) is 0 Å². The topological polar surface area (TPSA) is 72.5 Å². The van der Waals surface area contributed by atoms with Crippen LogP contribution in [-0.4, -0.2) is 17.1 Å². The number of carbonyl (C=O) groups is 1. The summed E-state index contributed by atoms with van der Waals surface area (Å²) in [6.07, 6.45) is 0.379. The maximum atomic E-state index is 11.9. The zero-order chi connectivity index (χ0) is 15.2. The van der Waals surface area contributed by atoms with Crippen LogP contribution in [0.15, 0.2) is 48.5 Å². The number of carbonyl (C=O) groups excluding carboxylic acids is 1. The molecule has 0 radical (unpaired) electrons. The average molecular weight is 397 g/mol. The van der Waals surface area contributed by atoms with Gasteiger partial charge in [-0.1, -0.05) is 36.4 Å². The first kappa shape index (κ1) is 15.8. The Kier molecular flexibility index (Phi) is 5.58. The fourth-order valence-corrected chi connectivity index (χ4v) is 2.43. The van der Waals surface area contributed by atoms with Crippen molar-refractivity contribution in [3.05, 3.63) is 63.2 Å². The van der Waals surface area contributed by atoms with Gasteiger partial charge >= 0.3 is 5.97 Å². The van der Waals surface area contributed by atoms with Gasteiger partial charge in [0, 0.05) is 0 Å². The molecule has 0 saturated heterocycles. The lowest BCUT2D eigenvalue weighted by Gasteiger charge is -2.12. The van der Waals surface area contributed by atoms with Crippen LogP contribution in [-0.2, 0) is 22.6 Å². The number of esters is 1. The number of benzene rings is 2. The maximum Gasteiger partial charge on any atom is 0.323 e. The van der Waals surface area contributed by atoms with E-state index in [4.69, 9.17) is 10.5 Å². The Morgan fingerprint density at radius 1 is 1.19 bits per heavy atom. The van der Waals surface area contributed by atoms with Gasteiger partial charge in [0.25, 0.3) is 0 Å². The Morgan fingerprint density at radius 3 is 2.57 bits per heavy atom. The second-order valence-corrected chi connectivity index (χ2v) is 5.85. The molecule has 5 heteroatoms. The van der Waals surface area contributed by atoms with Gasteiger partial charge in [-0.2, -0.15) is 0 Å². The molecule has 0 aliphatic rings. The van der Waals surface area contributed by atoms with Crippen LogP contribution in [0.5, 0.6) is 5.75 Å². The summed E-state index contributed by atoms with van der Waals surface area (Å²) in [7, 11) is 0. The van der Waals surface area contributed by atoms with Gasteiger partial charge in [-0.25, -0.2) is 0 Å². The first-order chi connectivity index (χ1) is 10.1. The van der Waals surface area contributed by atoms with Crippen molar-refractivity contribution in [2.45, 2.75) is 19.1 Å². The molecule has 2 rings (SSSR count). The molecule has 0 saturated carbocycles. The molecule has 4 nitrogen and oxygen atoms in total. The molecule has 1 atom stereocenters. The molecule has 2 aromatic carbocycles. The van der Waals surface area contributed by atoms with E-state index in [0.29, 0.717) is 6.42 Å². The Labute approximate surface area is 137 Å². The average Bonchev–Trinajstić information content (AvgIpc) is 2.49. The zero-order valence-electron chi connectivity index (χ0n) is 11.3. The lowest BCUT2D eigenvalue weighted by Crippen LogP contribution is -2.34. The molecule has 0 aliphatic heterocycles. The van der Waals surface area contributed by atoms with Crippen molar-refractivity contribution in [2.24, 2.45) is 5.73 Å². The lowest BCUT2D eigenvalue weighted by atomic mass is 10.1. The van der Waals surface area contributed by atoms with Gasteiger partial charge in [-0.05, 0) is 52.3 Å². The highest BCUT2D eigenvalue weighted by Gasteiger charge is 2.16. The van der Waals surface area contributed by atoms with Crippen molar-refractivity contribution in [3.63, 3.8) is 0 Å². The number of rotatable bonds is 5. The molecule has 3 N–H and O–H groups in total. The highest BCUT2D eigenvalue weighted by atomic mass is 127. The number of phenols is 1. The smallest absolute Gasteiger partial charge is 0.323 e. The van der Waals surface area contributed by atoms with E-state index in [1.807, 2.05) is 52.9 Å². The monoisotopic (exact) mass is 397 g/mol. The molecule has 0 amide bonds. The van der Waals surface area contributed by atoms with Crippen LogP contribution in [0, 0.1) is 3.57 Å². The zero-order valence-corrected chi connectivity index (χ0v) is 13.5. The second kappa shape index (κ2) is 7.42. The molecule has 2 aromatic rings. The molecule has 0 aliphatic carbocycles. The van der Waals surface area contributed by atoms with E-state index in [0.717, 1.165) is 14.7 Å². The molecular formula is C16H16INO3. The molecule has 0 fully saturated rings. The minimum absolute atomic E-state index is 0.222. The fourth-order valence-electron chi connectivity index (χ4n) is 1.85. The van der Waals surface area contributed by atoms with Gasteiger partial charge in [-0.15, -0.1) is 0 Å². The van der Waals surface area contributed by atoms with Crippen molar-refractivity contribution < 1.29 is 14.6 Å². The molecule has 0 spiro atoms. The molecular weight excluding hydrogens is 381 g/mol. The predicted molar refractivity (Wildman–Crippen MR) is 88.7 cm³/mol. The summed E-state index contributed by atoms with van der Waals surface area (Å²) >= 11 is 2.03. The van der Waals surface area contributed by atoms with E-state index in [2.05, 4.69) is 0 Å².